The van der Waals surface area contributed by atoms with Crippen molar-refractivity contribution in [3.8, 4) is 0 Å². The Morgan fingerprint density at radius 3 is 2.86 bits per heavy atom. The number of carboxylic acid groups (broad SMARTS) is 1. The molecule has 1 aliphatic heterocycles. The Balaban J connectivity index is 2.25. The topological polar surface area (TPSA) is 96.3 Å². The number of nitrogens with zero attached hydrogens (tertiary/aromatic N) is 2. The smallest absolute Gasteiger partial charge is 0.337 e. The van der Waals surface area contributed by atoms with Crippen LogP contribution in [0.25, 0.3) is 0 Å². The van der Waals surface area contributed by atoms with E-state index in [9.17, 15) is 14.4 Å². The maximum Gasteiger partial charge on any atom is 0.337 e. The van der Waals surface area contributed by atoms with Crippen LogP contribution in [-0.2, 0) is 19.1 Å². The largest absolute Gasteiger partial charge is 0.481 e. The summed E-state index contributed by atoms with van der Waals surface area (Å²) in [6.07, 6.45) is 4.26. The monoisotopic (exact) mass is 308 g/mol. The summed E-state index contributed by atoms with van der Waals surface area (Å²) in [7, 11) is 1.26. The van der Waals surface area contributed by atoms with Gasteiger partial charge in [-0.2, -0.15) is 0 Å². The van der Waals surface area contributed by atoms with Crippen molar-refractivity contribution in [2.45, 2.75) is 6.42 Å². The van der Waals surface area contributed by atoms with Crippen molar-refractivity contribution in [3.63, 3.8) is 0 Å². The van der Waals surface area contributed by atoms with E-state index >= 15 is 0 Å². The Labute approximate surface area is 125 Å². The summed E-state index contributed by atoms with van der Waals surface area (Å²) in [4.78, 5) is 39.6. The minimum Gasteiger partial charge on any atom is -0.481 e. The second-order valence-corrected chi connectivity index (χ2v) is 4.75. The number of methoxy groups -OCH3 is 1. The van der Waals surface area contributed by atoms with Crippen LogP contribution in [0.3, 0.4) is 0 Å². The summed E-state index contributed by atoms with van der Waals surface area (Å²) in [5.74, 6) is -2.55. The predicted octanol–water partition coefficient (Wildman–Crippen LogP) is 0.315. The maximum absolute atomic E-state index is 12.3. The number of ether oxygens (including phenoxy) is 1. The number of esters is 1. The number of rotatable bonds is 4. The molecule has 2 aliphatic rings. The second kappa shape index (κ2) is 5.96. The van der Waals surface area contributed by atoms with E-state index in [0.717, 1.165) is 0 Å². The Hall–Kier alpha value is -2.35. The number of aliphatic imine (C=N–C) groups is 1. The molecule has 0 aromatic heterocycles. The molecule has 1 atom stereocenters. The fourth-order valence-electron chi connectivity index (χ4n) is 2.00. The van der Waals surface area contributed by atoms with Gasteiger partial charge in [0.2, 0.25) is 11.0 Å². The summed E-state index contributed by atoms with van der Waals surface area (Å²) < 4.78 is 4.60. The number of allylic oxidation sites excluding steroid dienone is 1. The summed E-state index contributed by atoms with van der Waals surface area (Å²) in [5.41, 5.74) is 0.640. The van der Waals surface area contributed by atoms with Gasteiger partial charge in [-0.05, 0) is 18.3 Å². The molecule has 0 bridgehead atoms. The van der Waals surface area contributed by atoms with Gasteiger partial charge in [0.1, 0.15) is 0 Å². The van der Waals surface area contributed by atoms with Crippen molar-refractivity contribution in [1.29, 1.82) is 0 Å². The molecule has 1 amide bonds. The lowest BCUT2D eigenvalue weighted by molar-refractivity contribution is -0.138. The molecule has 110 valence electrons. The summed E-state index contributed by atoms with van der Waals surface area (Å²) in [5, 5.41) is 8.68. The second-order valence-electron chi connectivity index (χ2n) is 4.38. The zero-order valence-corrected chi connectivity index (χ0v) is 11.9. The first kappa shape index (κ1) is 15.0. The van der Waals surface area contributed by atoms with Gasteiger partial charge in [-0.25, -0.2) is 9.79 Å². The van der Waals surface area contributed by atoms with Gasteiger partial charge in [0.15, 0.2) is 0 Å². The average Bonchev–Trinajstić information content (AvgIpc) is 2.45. The zero-order valence-electron chi connectivity index (χ0n) is 11.1. The SMILES string of the molecule is COC(=O)C1=CC2=NC(=S)N(CCC(=O)O)C(=O)C2C=C1. The Bertz CT molecular complexity index is 620. The molecule has 0 spiro atoms. The van der Waals surface area contributed by atoms with Crippen LogP contribution >= 0.6 is 12.2 Å². The quantitative estimate of drug-likeness (QED) is 0.593. The molecule has 8 heteroatoms. The third-order valence-corrected chi connectivity index (χ3v) is 3.36. The van der Waals surface area contributed by atoms with Gasteiger partial charge >= 0.3 is 11.9 Å². The highest BCUT2D eigenvalue weighted by Crippen LogP contribution is 2.22. The number of hydrogen-bond acceptors (Lipinski definition) is 5. The number of aliphatic carboxylic acids is 1. The third-order valence-electron chi connectivity index (χ3n) is 3.05. The molecule has 0 saturated carbocycles. The molecule has 0 radical (unpaired) electrons. The Kier molecular flexibility index (Phi) is 4.27. The van der Waals surface area contributed by atoms with Crippen LogP contribution in [0.2, 0.25) is 0 Å². The first-order valence-electron chi connectivity index (χ1n) is 6.08. The minimum atomic E-state index is -1.02. The molecule has 1 heterocycles. The molecule has 0 saturated heterocycles. The van der Waals surface area contributed by atoms with Gasteiger partial charge in [-0.1, -0.05) is 12.2 Å². The number of hydrogen-bond donors (Lipinski definition) is 1. The number of amides is 1. The van der Waals surface area contributed by atoms with E-state index in [1.54, 1.807) is 0 Å². The Morgan fingerprint density at radius 1 is 1.52 bits per heavy atom. The van der Waals surface area contributed by atoms with Crippen LogP contribution in [0.5, 0.6) is 0 Å². The molecule has 0 fully saturated rings. The minimum absolute atomic E-state index is 0.00302. The van der Waals surface area contributed by atoms with Gasteiger partial charge in [-0.15, -0.1) is 0 Å². The lowest BCUT2D eigenvalue weighted by Gasteiger charge is -2.30. The van der Waals surface area contributed by atoms with E-state index in [4.69, 9.17) is 17.3 Å². The molecule has 0 aromatic rings. The molecular weight excluding hydrogens is 296 g/mol. The van der Waals surface area contributed by atoms with Crippen LogP contribution in [-0.4, -0.2) is 52.3 Å². The highest BCUT2D eigenvalue weighted by molar-refractivity contribution is 7.80. The normalized spacial score (nSPS) is 20.6. The first-order valence-corrected chi connectivity index (χ1v) is 6.48. The van der Waals surface area contributed by atoms with Gasteiger partial charge < -0.3 is 9.84 Å². The number of fused-ring (bicyclic) bond motifs is 1. The van der Waals surface area contributed by atoms with Crippen LogP contribution in [0, 0.1) is 5.92 Å². The standard InChI is InChI=1S/C13H12N2O5S/c1-20-12(19)7-2-3-8-9(6-7)14-13(21)15(11(8)18)5-4-10(16)17/h2-3,6,8H,4-5H2,1H3,(H,16,17). The van der Waals surface area contributed by atoms with E-state index in [1.807, 2.05) is 0 Å². The summed E-state index contributed by atoms with van der Waals surface area (Å²) >= 11 is 5.01. The number of thiocarbonyl (C=S) groups is 1. The van der Waals surface area contributed by atoms with Crippen molar-refractivity contribution in [1.82, 2.24) is 4.90 Å². The third kappa shape index (κ3) is 3.05. The predicted molar refractivity (Wildman–Crippen MR) is 76.7 cm³/mol. The molecule has 21 heavy (non-hydrogen) atoms. The molecular formula is C13H12N2O5S. The van der Waals surface area contributed by atoms with E-state index < -0.39 is 17.9 Å². The van der Waals surface area contributed by atoms with E-state index in [-0.39, 0.29) is 29.6 Å². The molecule has 2 rings (SSSR count). The molecule has 0 aromatic carbocycles. The summed E-state index contributed by atoms with van der Waals surface area (Å²) in [6.45, 7) is -0.0261. The van der Waals surface area contributed by atoms with Crippen LogP contribution in [0.4, 0.5) is 0 Å². The van der Waals surface area contributed by atoms with Crippen molar-refractivity contribution in [2.24, 2.45) is 10.9 Å². The first-order chi connectivity index (χ1) is 9.93. The van der Waals surface area contributed by atoms with E-state index in [0.29, 0.717) is 5.71 Å². The van der Waals surface area contributed by atoms with Crippen LogP contribution in [0.1, 0.15) is 6.42 Å². The Morgan fingerprint density at radius 2 is 2.24 bits per heavy atom. The fourth-order valence-corrected chi connectivity index (χ4v) is 2.28. The molecule has 1 aliphatic carbocycles. The highest BCUT2D eigenvalue weighted by atomic mass is 32.1. The fraction of sp³-hybridized carbons (Fsp3) is 0.308. The van der Waals surface area contributed by atoms with Crippen molar-refractivity contribution < 1.29 is 24.2 Å². The number of carbonyl (C=O) groups excluding carboxylic acids is 2. The highest BCUT2D eigenvalue weighted by Gasteiger charge is 2.35. The van der Waals surface area contributed by atoms with E-state index in [1.165, 1.54) is 30.2 Å². The van der Waals surface area contributed by atoms with Gasteiger partial charge in [0.25, 0.3) is 0 Å². The molecule has 7 nitrogen and oxygen atoms in total. The molecule has 1 N–H and O–H groups in total. The number of carbonyl (C=O) groups is 3. The van der Waals surface area contributed by atoms with Crippen LogP contribution < -0.4 is 0 Å². The van der Waals surface area contributed by atoms with Crippen molar-refractivity contribution >= 4 is 40.9 Å². The van der Waals surface area contributed by atoms with Gasteiger partial charge in [0.05, 0.1) is 30.7 Å². The maximum atomic E-state index is 12.3. The van der Waals surface area contributed by atoms with Crippen LogP contribution in [0.15, 0.2) is 28.8 Å². The molecule has 1 unspecified atom stereocenters. The van der Waals surface area contributed by atoms with Gasteiger partial charge in [-0.3, -0.25) is 14.5 Å². The number of carboxylic acids is 1. The van der Waals surface area contributed by atoms with Crippen molar-refractivity contribution in [3.05, 3.63) is 23.8 Å². The van der Waals surface area contributed by atoms with Crippen molar-refractivity contribution in [2.75, 3.05) is 13.7 Å². The van der Waals surface area contributed by atoms with Gasteiger partial charge in [0, 0.05) is 6.54 Å². The lowest BCUT2D eigenvalue weighted by Crippen LogP contribution is -2.46. The lowest BCUT2D eigenvalue weighted by atomic mass is 9.92. The average molecular weight is 308 g/mol. The summed E-state index contributed by atoms with van der Waals surface area (Å²) in [6, 6.07) is 0. The zero-order chi connectivity index (χ0) is 15.6. The van der Waals surface area contributed by atoms with E-state index in [2.05, 4.69) is 9.73 Å².